The van der Waals surface area contributed by atoms with Gasteiger partial charge in [-0.05, 0) is 5.56 Å². The van der Waals surface area contributed by atoms with Gasteiger partial charge in [-0.25, -0.2) is 0 Å². The Bertz CT molecular complexity index is 336. The second-order valence-corrected chi connectivity index (χ2v) is 2.49. The number of aliphatic carboxylic acids is 1. The van der Waals surface area contributed by atoms with Crippen LogP contribution in [0.1, 0.15) is 5.56 Å². The van der Waals surface area contributed by atoms with E-state index in [9.17, 15) is 14.9 Å². The molecule has 1 N–H and O–H groups in total. The number of non-ortho nitro benzene ring substituents is 1. The number of rotatable bonds is 3. The molecule has 0 radical (unpaired) electrons. The Labute approximate surface area is 85.9 Å². The van der Waals surface area contributed by atoms with Gasteiger partial charge in [-0.1, -0.05) is 12.1 Å². The number of carboxylic acids is 1. The summed E-state index contributed by atoms with van der Waals surface area (Å²) in [5.41, 5.74) is 0.521. The van der Waals surface area contributed by atoms with Crippen molar-refractivity contribution < 1.29 is 14.8 Å². The van der Waals surface area contributed by atoms with Crippen LogP contribution >= 0.6 is 12.4 Å². The molecule has 0 saturated carbocycles. The number of hydrogen-bond donors (Lipinski definition) is 1. The molecule has 0 saturated heterocycles. The molecule has 0 aliphatic heterocycles. The van der Waals surface area contributed by atoms with Crippen LogP contribution in [0.25, 0.3) is 0 Å². The Morgan fingerprint density at radius 3 is 2.21 bits per heavy atom. The van der Waals surface area contributed by atoms with Gasteiger partial charge in [-0.2, -0.15) is 0 Å². The first-order valence-electron chi connectivity index (χ1n) is 3.54. The maximum Gasteiger partial charge on any atom is 0.307 e. The van der Waals surface area contributed by atoms with Crippen LogP contribution in [0, 0.1) is 10.1 Å². The maximum atomic E-state index is 10.3. The number of carbonyl (C=O) groups is 1. The fourth-order valence-corrected chi connectivity index (χ4v) is 0.910. The first-order valence-corrected chi connectivity index (χ1v) is 3.54. The summed E-state index contributed by atoms with van der Waals surface area (Å²) in [5, 5.41) is 18.6. The lowest BCUT2D eigenvalue weighted by Crippen LogP contribution is -1.99. The summed E-state index contributed by atoms with van der Waals surface area (Å²) in [5.74, 6) is -0.950. The molecule has 0 atom stereocenters. The van der Waals surface area contributed by atoms with E-state index in [0.29, 0.717) is 5.56 Å². The Hall–Kier alpha value is -1.62. The number of halogens is 1. The van der Waals surface area contributed by atoms with E-state index in [1.807, 2.05) is 0 Å². The van der Waals surface area contributed by atoms with Crippen molar-refractivity contribution in [3.63, 3.8) is 0 Å². The number of benzene rings is 1. The monoisotopic (exact) mass is 217 g/mol. The van der Waals surface area contributed by atoms with Gasteiger partial charge in [0.25, 0.3) is 5.69 Å². The fraction of sp³-hybridized carbons (Fsp3) is 0.125. The Balaban J connectivity index is 0.00000169. The molecule has 0 heterocycles. The molecule has 76 valence electrons. The molecule has 0 aliphatic carbocycles. The summed E-state index contributed by atoms with van der Waals surface area (Å²) in [6, 6.07) is 5.45. The lowest BCUT2D eigenvalue weighted by Gasteiger charge is -1.95. The topological polar surface area (TPSA) is 80.4 Å². The molecule has 6 heteroatoms. The molecule has 0 unspecified atom stereocenters. The van der Waals surface area contributed by atoms with Crippen LogP contribution < -0.4 is 0 Å². The van der Waals surface area contributed by atoms with Gasteiger partial charge >= 0.3 is 5.97 Å². The van der Waals surface area contributed by atoms with Crippen molar-refractivity contribution in [1.29, 1.82) is 0 Å². The van der Waals surface area contributed by atoms with Gasteiger partial charge in [0, 0.05) is 12.1 Å². The highest BCUT2D eigenvalue weighted by Gasteiger charge is 2.05. The number of nitro groups is 1. The molecule has 1 aromatic rings. The minimum Gasteiger partial charge on any atom is -0.481 e. The van der Waals surface area contributed by atoms with Gasteiger partial charge in [-0.15, -0.1) is 12.4 Å². The highest BCUT2D eigenvalue weighted by atomic mass is 35.5. The molecule has 1 aromatic carbocycles. The first-order chi connectivity index (χ1) is 6.09. The average Bonchev–Trinajstić information content (AvgIpc) is 2.04. The predicted octanol–water partition coefficient (Wildman–Crippen LogP) is 1.64. The summed E-state index contributed by atoms with van der Waals surface area (Å²) < 4.78 is 0. The zero-order chi connectivity index (χ0) is 9.84. The van der Waals surface area contributed by atoms with Crippen molar-refractivity contribution in [3.05, 3.63) is 39.9 Å². The Morgan fingerprint density at radius 2 is 1.86 bits per heavy atom. The molecule has 0 spiro atoms. The van der Waals surface area contributed by atoms with Crippen LogP contribution in [0.3, 0.4) is 0 Å². The molecule has 14 heavy (non-hydrogen) atoms. The van der Waals surface area contributed by atoms with Crippen molar-refractivity contribution in [1.82, 2.24) is 0 Å². The van der Waals surface area contributed by atoms with Crippen LogP contribution in [-0.4, -0.2) is 16.0 Å². The van der Waals surface area contributed by atoms with E-state index in [0.717, 1.165) is 0 Å². The molecule has 0 aromatic heterocycles. The van der Waals surface area contributed by atoms with Gasteiger partial charge in [0.15, 0.2) is 0 Å². The largest absolute Gasteiger partial charge is 0.481 e. The number of carboxylic acid groups (broad SMARTS) is 1. The zero-order valence-corrected chi connectivity index (χ0v) is 7.86. The maximum absolute atomic E-state index is 10.3. The summed E-state index contributed by atoms with van der Waals surface area (Å²) >= 11 is 0. The third-order valence-electron chi connectivity index (χ3n) is 1.50. The zero-order valence-electron chi connectivity index (χ0n) is 7.04. The number of nitro benzene ring substituents is 1. The van der Waals surface area contributed by atoms with Crippen molar-refractivity contribution >= 4 is 24.1 Å². The summed E-state index contributed by atoms with van der Waals surface area (Å²) in [6.07, 6.45) is -0.113. The molecular formula is C8H8ClNO4. The van der Waals surface area contributed by atoms with E-state index < -0.39 is 10.9 Å². The van der Waals surface area contributed by atoms with E-state index in [2.05, 4.69) is 0 Å². The lowest BCUT2D eigenvalue weighted by atomic mass is 10.1. The summed E-state index contributed by atoms with van der Waals surface area (Å²) in [7, 11) is 0. The van der Waals surface area contributed by atoms with Crippen molar-refractivity contribution in [2.75, 3.05) is 0 Å². The van der Waals surface area contributed by atoms with Crippen molar-refractivity contribution in [2.45, 2.75) is 6.42 Å². The first kappa shape index (κ1) is 12.4. The van der Waals surface area contributed by atoms with Crippen LogP contribution in [0.15, 0.2) is 24.3 Å². The van der Waals surface area contributed by atoms with Crippen LogP contribution in [0.4, 0.5) is 5.69 Å². The van der Waals surface area contributed by atoms with Gasteiger partial charge < -0.3 is 5.11 Å². The standard InChI is InChI=1S/C8H7NO4.ClH/c10-8(11)5-6-1-3-7(4-2-6)9(12)13;/h1-4H,5H2,(H,10,11);1H. The van der Waals surface area contributed by atoms with E-state index >= 15 is 0 Å². The molecule has 1 rings (SSSR count). The average molecular weight is 218 g/mol. The third kappa shape index (κ3) is 3.40. The predicted molar refractivity (Wildman–Crippen MR) is 51.7 cm³/mol. The van der Waals surface area contributed by atoms with E-state index in [1.165, 1.54) is 24.3 Å². The number of nitrogens with zero attached hydrogens (tertiary/aromatic N) is 1. The van der Waals surface area contributed by atoms with E-state index in [1.54, 1.807) is 0 Å². The second kappa shape index (κ2) is 5.18. The molecule has 0 aliphatic rings. The number of hydrogen-bond acceptors (Lipinski definition) is 3. The molecule has 0 amide bonds. The van der Waals surface area contributed by atoms with Crippen LogP contribution in [0.5, 0.6) is 0 Å². The Kier molecular flexibility index (Phi) is 4.58. The smallest absolute Gasteiger partial charge is 0.307 e. The third-order valence-corrected chi connectivity index (χ3v) is 1.50. The van der Waals surface area contributed by atoms with Crippen LogP contribution in [-0.2, 0) is 11.2 Å². The molecule has 5 nitrogen and oxygen atoms in total. The molecule has 0 bridgehead atoms. The Morgan fingerprint density at radius 1 is 1.36 bits per heavy atom. The van der Waals surface area contributed by atoms with Gasteiger partial charge in [0.2, 0.25) is 0 Å². The quantitative estimate of drug-likeness (QED) is 0.617. The van der Waals surface area contributed by atoms with Gasteiger partial charge in [-0.3, -0.25) is 14.9 Å². The van der Waals surface area contributed by atoms with Gasteiger partial charge in [0.1, 0.15) is 0 Å². The summed E-state index contributed by atoms with van der Waals surface area (Å²) in [4.78, 5) is 20.0. The molecule has 0 fully saturated rings. The molecular weight excluding hydrogens is 210 g/mol. The summed E-state index contributed by atoms with van der Waals surface area (Å²) in [6.45, 7) is 0. The van der Waals surface area contributed by atoms with E-state index in [4.69, 9.17) is 5.11 Å². The normalized spacial score (nSPS) is 8.86. The minimum absolute atomic E-state index is 0. The lowest BCUT2D eigenvalue weighted by molar-refractivity contribution is -0.384. The highest BCUT2D eigenvalue weighted by molar-refractivity contribution is 5.85. The van der Waals surface area contributed by atoms with Gasteiger partial charge in [0.05, 0.1) is 11.3 Å². The fourth-order valence-electron chi connectivity index (χ4n) is 0.910. The minimum atomic E-state index is -0.950. The van der Waals surface area contributed by atoms with Crippen LogP contribution in [0.2, 0.25) is 0 Å². The SMILES string of the molecule is Cl.O=C(O)Cc1ccc([N+](=O)[O-])cc1. The van der Waals surface area contributed by atoms with Crippen molar-refractivity contribution in [3.8, 4) is 0 Å². The van der Waals surface area contributed by atoms with E-state index in [-0.39, 0.29) is 24.5 Å². The van der Waals surface area contributed by atoms with Crippen molar-refractivity contribution in [2.24, 2.45) is 0 Å². The second-order valence-electron chi connectivity index (χ2n) is 2.49. The highest BCUT2D eigenvalue weighted by Crippen LogP contribution is 2.11.